The largest absolute Gasteiger partial charge is 0.478 e. The van der Waals surface area contributed by atoms with E-state index < -0.39 is 5.97 Å². The lowest BCUT2D eigenvalue weighted by Gasteiger charge is -2.33. The summed E-state index contributed by atoms with van der Waals surface area (Å²) in [6.45, 7) is 2.23. The van der Waals surface area contributed by atoms with E-state index in [1.54, 1.807) is 18.3 Å². The molecule has 6 nitrogen and oxygen atoms in total. The van der Waals surface area contributed by atoms with Gasteiger partial charge in [0.25, 0.3) is 0 Å². The Kier molecular flexibility index (Phi) is 4.83. The molecule has 0 aromatic carbocycles. The number of pyridine rings is 2. The van der Waals surface area contributed by atoms with Crippen LogP contribution in [0.5, 0.6) is 0 Å². The van der Waals surface area contributed by atoms with Gasteiger partial charge < -0.3 is 14.7 Å². The van der Waals surface area contributed by atoms with Gasteiger partial charge in [0.1, 0.15) is 5.82 Å². The number of ether oxygens (including phenoxy) is 1. The van der Waals surface area contributed by atoms with Crippen LogP contribution in [0.3, 0.4) is 0 Å². The molecule has 0 amide bonds. The third-order valence-corrected chi connectivity index (χ3v) is 3.91. The van der Waals surface area contributed by atoms with E-state index >= 15 is 0 Å². The second-order valence-corrected chi connectivity index (χ2v) is 5.59. The average Bonchev–Trinajstić information content (AvgIpc) is 2.61. The van der Waals surface area contributed by atoms with Gasteiger partial charge in [-0.15, -0.1) is 0 Å². The summed E-state index contributed by atoms with van der Waals surface area (Å²) in [7, 11) is 0. The van der Waals surface area contributed by atoms with Crippen molar-refractivity contribution in [1.82, 2.24) is 9.97 Å². The van der Waals surface area contributed by atoms with E-state index in [-0.39, 0.29) is 11.7 Å². The molecule has 1 N–H and O–H groups in total. The maximum atomic E-state index is 10.9. The molecule has 1 fully saturated rings. The van der Waals surface area contributed by atoms with Crippen LogP contribution in [-0.4, -0.2) is 40.2 Å². The van der Waals surface area contributed by atoms with Crippen molar-refractivity contribution in [2.24, 2.45) is 0 Å². The highest BCUT2D eigenvalue weighted by Crippen LogP contribution is 2.20. The van der Waals surface area contributed by atoms with Crippen LogP contribution in [0.4, 0.5) is 5.82 Å². The smallest absolute Gasteiger partial charge is 0.337 e. The molecule has 3 heterocycles. The lowest BCUT2D eigenvalue weighted by molar-refractivity contribution is 0.0313. The molecule has 1 saturated heterocycles. The van der Waals surface area contributed by atoms with Crippen LogP contribution in [0.25, 0.3) is 0 Å². The molecule has 0 aliphatic carbocycles. The minimum Gasteiger partial charge on any atom is -0.478 e. The van der Waals surface area contributed by atoms with Crippen molar-refractivity contribution in [1.29, 1.82) is 0 Å². The first-order chi connectivity index (χ1) is 11.2. The number of carboxylic acid groups (broad SMARTS) is 1. The Morgan fingerprint density at radius 3 is 2.96 bits per heavy atom. The molecule has 2 aromatic heterocycles. The van der Waals surface area contributed by atoms with Crippen LogP contribution >= 0.6 is 0 Å². The molecule has 0 radical (unpaired) electrons. The summed E-state index contributed by atoms with van der Waals surface area (Å²) < 4.78 is 5.98. The maximum absolute atomic E-state index is 10.9. The molecule has 0 spiro atoms. The van der Waals surface area contributed by atoms with Gasteiger partial charge in [-0.05, 0) is 36.6 Å². The molecular weight excluding hydrogens is 294 g/mol. The van der Waals surface area contributed by atoms with Crippen molar-refractivity contribution in [3.8, 4) is 0 Å². The van der Waals surface area contributed by atoms with E-state index in [4.69, 9.17) is 9.84 Å². The molecule has 2 aromatic rings. The summed E-state index contributed by atoms with van der Waals surface area (Å²) in [4.78, 5) is 21.4. The summed E-state index contributed by atoms with van der Waals surface area (Å²) >= 11 is 0. The summed E-state index contributed by atoms with van der Waals surface area (Å²) in [5, 5.41) is 8.93. The van der Waals surface area contributed by atoms with Gasteiger partial charge in [-0.1, -0.05) is 6.07 Å². The van der Waals surface area contributed by atoms with Gasteiger partial charge in [0.05, 0.1) is 18.3 Å². The number of aromatic nitrogens is 2. The molecule has 0 bridgehead atoms. The van der Waals surface area contributed by atoms with Crippen LogP contribution in [0.15, 0.2) is 42.9 Å². The van der Waals surface area contributed by atoms with Crippen LogP contribution in [0, 0.1) is 0 Å². The molecular formula is C17H19N3O3. The first-order valence-electron chi connectivity index (χ1n) is 7.67. The molecule has 6 heteroatoms. The molecule has 120 valence electrons. The number of hydrogen-bond acceptors (Lipinski definition) is 5. The zero-order valence-electron chi connectivity index (χ0n) is 12.8. The average molecular weight is 313 g/mol. The zero-order chi connectivity index (χ0) is 16.1. The van der Waals surface area contributed by atoms with Crippen molar-refractivity contribution < 1.29 is 14.6 Å². The highest BCUT2D eigenvalue weighted by atomic mass is 16.5. The van der Waals surface area contributed by atoms with Crippen LogP contribution in [0.2, 0.25) is 0 Å². The zero-order valence-corrected chi connectivity index (χ0v) is 12.8. The van der Waals surface area contributed by atoms with Gasteiger partial charge in [0.2, 0.25) is 0 Å². The fraction of sp³-hybridized carbons (Fsp3) is 0.353. The molecule has 23 heavy (non-hydrogen) atoms. The molecule has 1 unspecified atom stereocenters. The maximum Gasteiger partial charge on any atom is 0.337 e. The van der Waals surface area contributed by atoms with Crippen molar-refractivity contribution in [2.75, 3.05) is 18.0 Å². The summed E-state index contributed by atoms with van der Waals surface area (Å²) in [5.41, 5.74) is 1.27. The first kappa shape index (κ1) is 15.4. The fourth-order valence-corrected chi connectivity index (χ4v) is 2.68. The number of nitrogens with zero attached hydrogens (tertiary/aromatic N) is 3. The van der Waals surface area contributed by atoms with Gasteiger partial charge in [0.15, 0.2) is 0 Å². The minimum absolute atomic E-state index is 0.143. The van der Waals surface area contributed by atoms with Gasteiger partial charge in [-0.3, -0.25) is 4.98 Å². The SMILES string of the molecule is O=C(O)c1ccc(N2CCCC(OCc3cccnc3)C2)nc1. The molecule has 3 rings (SSSR count). The lowest BCUT2D eigenvalue weighted by atomic mass is 10.1. The Hall–Kier alpha value is -2.47. The van der Waals surface area contributed by atoms with Gasteiger partial charge in [0, 0.05) is 31.7 Å². The Labute approximate surface area is 134 Å². The second kappa shape index (κ2) is 7.19. The Bertz CT molecular complexity index is 646. The predicted octanol–water partition coefficient (Wildman–Crippen LogP) is 2.36. The second-order valence-electron chi connectivity index (χ2n) is 5.59. The standard InChI is InChI=1S/C17H19N3O3/c21-17(22)14-5-6-16(19-10-14)20-8-2-4-15(11-20)23-12-13-3-1-7-18-9-13/h1,3,5-7,9-10,15H,2,4,8,11-12H2,(H,21,22). The number of hydrogen-bond donors (Lipinski definition) is 1. The predicted molar refractivity (Wildman–Crippen MR) is 85.5 cm³/mol. The van der Waals surface area contributed by atoms with Crippen molar-refractivity contribution in [2.45, 2.75) is 25.6 Å². The van der Waals surface area contributed by atoms with E-state index in [1.165, 1.54) is 6.20 Å². The Balaban J connectivity index is 1.58. The lowest BCUT2D eigenvalue weighted by Crippen LogP contribution is -2.40. The third-order valence-electron chi connectivity index (χ3n) is 3.91. The Morgan fingerprint density at radius 1 is 1.35 bits per heavy atom. The van der Waals surface area contributed by atoms with Crippen molar-refractivity contribution in [3.05, 3.63) is 54.0 Å². The number of carbonyl (C=O) groups is 1. The van der Waals surface area contributed by atoms with E-state index in [1.807, 2.05) is 18.3 Å². The van der Waals surface area contributed by atoms with E-state index in [2.05, 4.69) is 14.9 Å². The van der Waals surface area contributed by atoms with Crippen LogP contribution in [0.1, 0.15) is 28.8 Å². The number of aromatic carboxylic acids is 1. The van der Waals surface area contributed by atoms with Crippen LogP contribution in [-0.2, 0) is 11.3 Å². The molecule has 0 saturated carbocycles. The molecule has 1 aliphatic heterocycles. The normalized spacial score (nSPS) is 17.9. The Morgan fingerprint density at radius 2 is 2.26 bits per heavy atom. The van der Waals surface area contributed by atoms with Gasteiger partial charge in [-0.2, -0.15) is 0 Å². The highest BCUT2D eigenvalue weighted by Gasteiger charge is 2.21. The highest BCUT2D eigenvalue weighted by molar-refractivity contribution is 5.87. The summed E-state index contributed by atoms with van der Waals surface area (Å²) in [6.07, 6.45) is 7.15. The first-order valence-corrected chi connectivity index (χ1v) is 7.67. The van der Waals surface area contributed by atoms with Crippen LogP contribution < -0.4 is 4.90 Å². The fourth-order valence-electron chi connectivity index (χ4n) is 2.68. The van der Waals surface area contributed by atoms with Gasteiger partial charge >= 0.3 is 5.97 Å². The number of rotatable bonds is 5. The van der Waals surface area contributed by atoms with Crippen molar-refractivity contribution in [3.63, 3.8) is 0 Å². The number of anilines is 1. The topological polar surface area (TPSA) is 75.5 Å². The summed E-state index contributed by atoms with van der Waals surface area (Å²) in [6, 6.07) is 7.25. The quantitative estimate of drug-likeness (QED) is 0.913. The number of carboxylic acids is 1. The van der Waals surface area contributed by atoms with E-state index in [9.17, 15) is 4.79 Å². The van der Waals surface area contributed by atoms with Crippen molar-refractivity contribution >= 4 is 11.8 Å². The summed E-state index contributed by atoms with van der Waals surface area (Å²) in [5.74, 6) is -0.162. The minimum atomic E-state index is -0.958. The molecule has 1 aliphatic rings. The van der Waals surface area contributed by atoms with Gasteiger partial charge in [-0.25, -0.2) is 9.78 Å². The monoisotopic (exact) mass is 313 g/mol. The molecule has 1 atom stereocenters. The van der Waals surface area contributed by atoms with E-state index in [0.717, 1.165) is 37.3 Å². The third kappa shape index (κ3) is 4.04. The van der Waals surface area contributed by atoms with E-state index in [0.29, 0.717) is 6.61 Å². The number of piperidine rings is 1.